The topological polar surface area (TPSA) is 3.24 Å². The highest BCUT2D eigenvalue weighted by molar-refractivity contribution is 5.86. The Morgan fingerprint density at radius 2 is 1.54 bits per heavy atom. The van der Waals surface area contributed by atoms with Crippen molar-refractivity contribution in [3.63, 3.8) is 0 Å². The number of benzene rings is 3. The third-order valence-corrected chi connectivity index (χ3v) is 4.86. The molecule has 0 aliphatic carbocycles. The molecule has 3 aromatic carbocycles. The quantitative estimate of drug-likeness (QED) is 0.531. The summed E-state index contributed by atoms with van der Waals surface area (Å²) in [6, 6.07) is 22.9. The highest BCUT2D eigenvalue weighted by Crippen LogP contribution is 2.40. The Hall–Kier alpha value is -2.59. The summed E-state index contributed by atoms with van der Waals surface area (Å²) >= 11 is 0. The number of halogens is 3. The van der Waals surface area contributed by atoms with Gasteiger partial charge in [-0.15, -0.1) is 0 Å². The van der Waals surface area contributed by atoms with Gasteiger partial charge in [0.25, 0.3) is 0 Å². The van der Waals surface area contributed by atoms with Crippen LogP contribution in [0.3, 0.4) is 0 Å². The molecule has 3 aromatic rings. The molecule has 4 rings (SSSR count). The zero-order chi connectivity index (χ0) is 18.1. The van der Waals surface area contributed by atoms with Crippen LogP contribution >= 0.6 is 0 Å². The summed E-state index contributed by atoms with van der Waals surface area (Å²) in [5, 5.41) is 2.04. The van der Waals surface area contributed by atoms with Gasteiger partial charge in [-0.25, -0.2) is 0 Å². The van der Waals surface area contributed by atoms with Crippen molar-refractivity contribution in [1.29, 1.82) is 0 Å². The Morgan fingerprint density at radius 3 is 2.31 bits per heavy atom. The van der Waals surface area contributed by atoms with Crippen molar-refractivity contribution >= 4 is 10.8 Å². The van der Waals surface area contributed by atoms with Gasteiger partial charge in [-0.1, -0.05) is 78.9 Å². The molecule has 0 N–H and O–H groups in total. The maximum atomic E-state index is 13.4. The van der Waals surface area contributed by atoms with Crippen LogP contribution in [0.15, 0.2) is 84.4 Å². The smallest absolute Gasteiger partial charge is 0.284 e. The summed E-state index contributed by atoms with van der Waals surface area (Å²) in [5.74, 6) is 0. The van der Waals surface area contributed by atoms with Gasteiger partial charge in [0.1, 0.15) is 0 Å². The average Bonchev–Trinajstić information content (AvgIpc) is 3.06. The number of nitrogens with zero attached hydrogens (tertiary/aromatic N) is 1. The Bertz CT molecular complexity index is 939. The average molecular weight is 353 g/mol. The van der Waals surface area contributed by atoms with Crippen molar-refractivity contribution < 1.29 is 13.2 Å². The van der Waals surface area contributed by atoms with Gasteiger partial charge < -0.3 is 0 Å². The lowest BCUT2D eigenvalue weighted by atomic mass is 9.98. The number of fused-ring (bicyclic) bond motifs is 1. The van der Waals surface area contributed by atoms with Crippen molar-refractivity contribution in [3.8, 4) is 0 Å². The fourth-order valence-electron chi connectivity index (χ4n) is 3.62. The number of alkyl halides is 3. The van der Waals surface area contributed by atoms with E-state index < -0.39 is 17.8 Å². The van der Waals surface area contributed by atoms with Gasteiger partial charge in [0.15, 0.2) is 0 Å². The second kappa shape index (κ2) is 6.61. The second-order valence-corrected chi connectivity index (χ2v) is 6.59. The molecule has 0 aromatic heterocycles. The summed E-state index contributed by atoms with van der Waals surface area (Å²) in [7, 11) is 0. The molecule has 132 valence electrons. The molecular weight excluding hydrogens is 335 g/mol. The molecule has 0 amide bonds. The highest BCUT2D eigenvalue weighted by atomic mass is 19.4. The molecule has 0 fully saturated rings. The predicted octanol–water partition coefficient (Wildman–Crippen LogP) is 5.89. The second-order valence-electron chi connectivity index (χ2n) is 6.59. The summed E-state index contributed by atoms with van der Waals surface area (Å²) in [5.41, 5.74) is 1.46. The van der Waals surface area contributed by atoms with Gasteiger partial charge in [0, 0.05) is 18.7 Å². The van der Waals surface area contributed by atoms with Crippen molar-refractivity contribution in [3.05, 3.63) is 95.6 Å². The fraction of sp³-hybridized carbons (Fsp3) is 0.182. The molecule has 1 aliphatic heterocycles. The molecule has 1 atom stereocenters. The molecule has 0 saturated heterocycles. The van der Waals surface area contributed by atoms with Crippen LogP contribution in [0.5, 0.6) is 0 Å². The van der Waals surface area contributed by atoms with E-state index >= 15 is 0 Å². The largest absolute Gasteiger partial charge is 0.413 e. The molecular formula is C22H18F3N. The Morgan fingerprint density at radius 1 is 0.846 bits per heavy atom. The van der Waals surface area contributed by atoms with Crippen molar-refractivity contribution in [2.45, 2.75) is 18.8 Å². The van der Waals surface area contributed by atoms with Gasteiger partial charge in [0.05, 0.1) is 6.04 Å². The Balaban J connectivity index is 1.77. The maximum Gasteiger partial charge on any atom is 0.413 e. The van der Waals surface area contributed by atoms with Gasteiger partial charge >= 0.3 is 6.18 Å². The molecule has 1 heterocycles. The fourth-order valence-corrected chi connectivity index (χ4v) is 3.62. The zero-order valence-corrected chi connectivity index (χ0v) is 14.1. The first-order chi connectivity index (χ1) is 12.5. The van der Waals surface area contributed by atoms with Crippen LogP contribution < -0.4 is 0 Å². The van der Waals surface area contributed by atoms with Crippen LogP contribution in [0.1, 0.15) is 17.2 Å². The molecule has 0 bridgehead atoms. The van der Waals surface area contributed by atoms with E-state index in [1.165, 1.54) is 6.08 Å². The van der Waals surface area contributed by atoms with Crippen molar-refractivity contribution in [2.24, 2.45) is 0 Å². The van der Waals surface area contributed by atoms with Crippen LogP contribution in [-0.2, 0) is 6.54 Å². The number of hydrogen-bond donors (Lipinski definition) is 0. The molecule has 4 heteroatoms. The van der Waals surface area contributed by atoms with Crippen LogP contribution in [-0.4, -0.2) is 17.6 Å². The Kier molecular flexibility index (Phi) is 4.29. The highest BCUT2D eigenvalue weighted by Gasteiger charge is 2.40. The minimum atomic E-state index is -4.30. The van der Waals surface area contributed by atoms with E-state index in [1.807, 2.05) is 77.7 Å². The van der Waals surface area contributed by atoms with Crippen LogP contribution in [0.4, 0.5) is 13.2 Å². The number of hydrogen-bond acceptors (Lipinski definition) is 1. The summed E-state index contributed by atoms with van der Waals surface area (Å²) in [6.07, 6.45) is -2.92. The van der Waals surface area contributed by atoms with Gasteiger partial charge in [0.2, 0.25) is 0 Å². The van der Waals surface area contributed by atoms with E-state index in [-0.39, 0.29) is 6.54 Å². The molecule has 0 saturated carbocycles. The standard InChI is InChI=1S/C22H18F3N/c23-22(24,25)18-13-21(26(15-18)14-16-7-2-1-3-8-16)20-12-6-10-17-9-4-5-11-19(17)20/h1-13,21H,14-15H2. The number of rotatable bonds is 3. The first-order valence-corrected chi connectivity index (χ1v) is 8.56. The molecule has 26 heavy (non-hydrogen) atoms. The van der Waals surface area contributed by atoms with E-state index in [1.54, 1.807) is 0 Å². The monoisotopic (exact) mass is 353 g/mol. The van der Waals surface area contributed by atoms with Crippen LogP contribution in [0, 0.1) is 0 Å². The summed E-state index contributed by atoms with van der Waals surface area (Å²) in [6.45, 7) is 0.386. The van der Waals surface area contributed by atoms with E-state index in [2.05, 4.69) is 0 Å². The molecule has 1 unspecified atom stereocenters. The van der Waals surface area contributed by atoms with Crippen molar-refractivity contribution in [2.75, 3.05) is 6.54 Å². The lowest BCUT2D eigenvalue weighted by Gasteiger charge is -2.26. The normalized spacial score (nSPS) is 18.3. The van der Waals surface area contributed by atoms with Gasteiger partial charge in [-0.3, -0.25) is 4.90 Å². The summed E-state index contributed by atoms with van der Waals surface area (Å²) in [4.78, 5) is 1.89. The molecule has 1 nitrogen and oxygen atoms in total. The third-order valence-electron chi connectivity index (χ3n) is 4.86. The van der Waals surface area contributed by atoms with E-state index in [4.69, 9.17) is 0 Å². The third kappa shape index (κ3) is 3.25. The zero-order valence-electron chi connectivity index (χ0n) is 14.1. The van der Waals surface area contributed by atoms with E-state index in [9.17, 15) is 13.2 Å². The van der Waals surface area contributed by atoms with Crippen LogP contribution in [0.25, 0.3) is 10.8 Å². The Labute approximate surface area is 150 Å². The molecule has 1 aliphatic rings. The van der Waals surface area contributed by atoms with Gasteiger partial charge in [-0.05, 0) is 21.9 Å². The first-order valence-electron chi connectivity index (χ1n) is 8.56. The molecule has 0 spiro atoms. The minimum Gasteiger partial charge on any atom is -0.284 e. The van der Waals surface area contributed by atoms with Crippen LogP contribution in [0.2, 0.25) is 0 Å². The van der Waals surface area contributed by atoms with E-state index in [0.717, 1.165) is 21.9 Å². The predicted molar refractivity (Wildman–Crippen MR) is 97.7 cm³/mol. The lowest BCUT2D eigenvalue weighted by molar-refractivity contribution is -0.0937. The minimum absolute atomic E-state index is 0.0910. The summed E-state index contributed by atoms with van der Waals surface area (Å²) < 4.78 is 40.1. The SMILES string of the molecule is FC(F)(F)C1=CC(c2cccc3ccccc23)N(Cc2ccccc2)C1. The molecule has 0 radical (unpaired) electrons. The lowest BCUT2D eigenvalue weighted by Crippen LogP contribution is -2.26. The van der Waals surface area contributed by atoms with Gasteiger partial charge in [-0.2, -0.15) is 13.2 Å². The first kappa shape index (κ1) is 16.9. The van der Waals surface area contributed by atoms with Crippen molar-refractivity contribution in [1.82, 2.24) is 4.90 Å². The maximum absolute atomic E-state index is 13.4. The van der Waals surface area contributed by atoms with E-state index in [0.29, 0.717) is 6.54 Å².